The van der Waals surface area contributed by atoms with E-state index in [1.165, 1.54) is 12.2 Å². The Balaban J connectivity index is 2.18. The first-order valence-corrected chi connectivity index (χ1v) is 6.74. The zero-order valence-corrected chi connectivity index (χ0v) is 10.7. The van der Waals surface area contributed by atoms with Gasteiger partial charge in [0.2, 0.25) is 0 Å². The standard InChI is InChI=1S/C11H15BrOS/c1-2-7-14-8-6-13-11-5-3-4-10(12)9-11/h3-5,9H,2,6-8H2,1H3. The Kier molecular flexibility index (Phi) is 6.12. The van der Waals surface area contributed by atoms with E-state index in [0.29, 0.717) is 0 Å². The van der Waals surface area contributed by atoms with Crippen molar-refractivity contribution >= 4 is 27.7 Å². The molecule has 0 bridgehead atoms. The Morgan fingerprint density at radius 3 is 2.93 bits per heavy atom. The van der Waals surface area contributed by atoms with Crippen LogP contribution in [0.15, 0.2) is 28.7 Å². The van der Waals surface area contributed by atoms with Crippen molar-refractivity contribution in [1.29, 1.82) is 0 Å². The summed E-state index contributed by atoms with van der Waals surface area (Å²) < 4.78 is 6.65. The van der Waals surface area contributed by atoms with Crippen LogP contribution in [0.5, 0.6) is 5.75 Å². The average molecular weight is 275 g/mol. The number of benzene rings is 1. The first-order valence-electron chi connectivity index (χ1n) is 4.79. The molecule has 1 aromatic carbocycles. The van der Waals surface area contributed by atoms with Crippen LogP contribution in [-0.4, -0.2) is 18.1 Å². The molecule has 14 heavy (non-hydrogen) atoms. The van der Waals surface area contributed by atoms with Crippen LogP contribution in [0.3, 0.4) is 0 Å². The van der Waals surface area contributed by atoms with Gasteiger partial charge in [-0.15, -0.1) is 0 Å². The molecular weight excluding hydrogens is 260 g/mol. The number of ether oxygens (including phenoxy) is 1. The molecule has 0 aromatic heterocycles. The third kappa shape index (κ3) is 4.91. The Labute approximate surface area is 98.4 Å². The van der Waals surface area contributed by atoms with E-state index in [0.717, 1.165) is 22.6 Å². The zero-order valence-electron chi connectivity index (χ0n) is 8.33. The van der Waals surface area contributed by atoms with E-state index >= 15 is 0 Å². The van der Waals surface area contributed by atoms with E-state index in [1.807, 2.05) is 36.0 Å². The molecule has 0 aliphatic carbocycles. The smallest absolute Gasteiger partial charge is 0.120 e. The van der Waals surface area contributed by atoms with Gasteiger partial charge in [0.05, 0.1) is 6.61 Å². The van der Waals surface area contributed by atoms with Gasteiger partial charge in [0.25, 0.3) is 0 Å². The summed E-state index contributed by atoms with van der Waals surface area (Å²) in [6.07, 6.45) is 1.24. The highest BCUT2D eigenvalue weighted by molar-refractivity contribution is 9.10. The molecule has 0 atom stereocenters. The lowest BCUT2D eigenvalue weighted by Gasteiger charge is -2.05. The van der Waals surface area contributed by atoms with E-state index < -0.39 is 0 Å². The van der Waals surface area contributed by atoms with Crippen LogP contribution in [0.1, 0.15) is 13.3 Å². The van der Waals surface area contributed by atoms with Crippen LogP contribution >= 0.6 is 27.7 Å². The van der Waals surface area contributed by atoms with E-state index in [2.05, 4.69) is 22.9 Å². The topological polar surface area (TPSA) is 9.23 Å². The monoisotopic (exact) mass is 274 g/mol. The minimum absolute atomic E-state index is 0.793. The summed E-state index contributed by atoms with van der Waals surface area (Å²) in [5.41, 5.74) is 0. The summed E-state index contributed by atoms with van der Waals surface area (Å²) >= 11 is 5.35. The van der Waals surface area contributed by atoms with Crippen LogP contribution in [-0.2, 0) is 0 Å². The van der Waals surface area contributed by atoms with Crippen molar-refractivity contribution in [1.82, 2.24) is 0 Å². The van der Waals surface area contributed by atoms with Crippen molar-refractivity contribution in [3.8, 4) is 5.75 Å². The molecule has 0 radical (unpaired) electrons. The number of halogens is 1. The van der Waals surface area contributed by atoms with Crippen LogP contribution in [0.2, 0.25) is 0 Å². The number of hydrogen-bond acceptors (Lipinski definition) is 2. The predicted octanol–water partition coefficient (Wildman–Crippen LogP) is 3.97. The van der Waals surface area contributed by atoms with Gasteiger partial charge in [0, 0.05) is 10.2 Å². The summed E-state index contributed by atoms with van der Waals surface area (Å²) in [6.45, 7) is 2.99. The Morgan fingerprint density at radius 1 is 1.36 bits per heavy atom. The van der Waals surface area contributed by atoms with Gasteiger partial charge in [-0.3, -0.25) is 0 Å². The molecule has 0 aliphatic rings. The lowest BCUT2D eigenvalue weighted by Crippen LogP contribution is -2.00. The lowest BCUT2D eigenvalue weighted by atomic mass is 10.3. The van der Waals surface area contributed by atoms with Crippen LogP contribution < -0.4 is 4.74 Å². The molecule has 0 N–H and O–H groups in total. The fraction of sp³-hybridized carbons (Fsp3) is 0.455. The van der Waals surface area contributed by atoms with Crippen LogP contribution in [0.25, 0.3) is 0 Å². The maximum atomic E-state index is 5.58. The Bertz CT molecular complexity index is 265. The fourth-order valence-electron chi connectivity index (χ4n) is 1.02. The summed E-state index contributed by atoms with van der Waals surface area (Å²) in [4.78, 5) is 0. The molecule has 0 spiro atoms. The largest absolute Gasteiger partial charge is 0.493 e. The fourth-order valence-corrected chi connectivity index (χ4v) is 2.09. The molecule has 1 rings (SSSR count). The zero-order chi connectivity index (χ0) is 10.2. The first-order chi connectivity index (χ1) is 6.83. The maximum absolute atomic E-state index is 5.58. The number of thioether (sulfide) groups is 1. The van der Waals surface area contributed by atoms with Crippen molar-refractivity contribution in [2.45, 2.75) is 13.3 Å². The highest BCUT2D eigenvalue weighted by Crippen LogP contribution is 2.17. The maximum Gasteiger partial charge on any atom is 0.120 e. The van der Waals surface area contributed by atoms with Gasteiger partial charge >= 0.3 is 0 Å². The molecule has 0 aliphatic heterocycles. The molecule has 0 saturated carbocycles. The van der Waals surface area contributed by atoms with Crippen molar-refractivity contribution < 1.29 is 4.74 Å². The van der Waals surface area contributed by atoms with E-state index in [4.69, 9.17) is 4.74 Å². The molecule has 0 heterocycles. The highest BCUT2D eigenvalue weighted by Gasteiger charge is 1.94. The Hall–Kier alpha value is -0.150. The summed E-state index contributed by atoms with van der Waals surface area (Å²) in [5.74, 6) is 3.24. The van der Waals surface area contributed by atoms with Gasteiger partial charge in [-0.05, 0) is 30.4 Å². The van der Waals surface area contributed by atoms with Gasteiger partial charge in [-0.25, -0.2) is 0 Å². The molecule has 1 aromatic rings. The second-order valence-corrected chi connectivity index (χ2v) is 5.06. The molecular formula is C11H15BrOS. The molecule has 0 saturated heterocycles. The molecule has 0 fully saturated rings. The molecule has 0 amide bonds. The normalized spacial score (nSPS) is 10.1. The molecule has 1 nitrogen and oxygen atoms in total. The summed E-state index contributed by atoms with van der Waals surface area (Å²) in [6, 6.07) is 7.96. The summed E-state index contributed by atoms with van der Waals surface area (Å²) in [5, 5.41) is 0. The van der Waals surface area contributed by atoms with Crippen molar-refractivity contribution in [2.75, 3.05) is 18.1 Å². The molecule has 78 valence electrons. The minimum atomic E-state index is 0.793. The van der Waals surface area contributed by atoms with Gasteiger partial charge in [0.1, 0.15) is 5.75 Å². The van der Waals surface area contributed by atoms with Crippen LogP contribution in [0, 0.1) is 0 Å². The third-order valence-corrected chi connectivity index (χ3v) is 3.29. The van der Waals surface area contributed by atoms with Gasteiger partial charge in [-0.2, -0.15) is 11.8 Å². The molecule has 0 unspecified atom stereocenters. The van der Waals surface area contributed by atoms with Crippen molar-refractivity contribution in [3.63, 3.8) is 0 Å². The van der Waals surface area contributed by atoms with Gasteiger partial charge in [0.15, 0.2) is 0 Å². The van der Waals surface area contributed by atoms with Crippen LogP contribution in [0.4, 0.5) is 0 Å². The van der Waals surface area contributed by atoms with E-state index in [1.54, 1.807) is 0 Å². The van der Waals surface area contributed by atoms with E-state index in [-0.39, 0.29) is 0 Å². The third-order valence-electron chi connectivity index (χ3n) is 1.64. The highest BCUT2D eigenvalue weighted by atomic mass is 79.9. The quantitative estimate of drug-likeness (QED) is 0.726. The number of rotatable bonds is 6. The number of hydrogen-bond donors (Lipinski definition) is 0. The Morgan fingerprint density at radius 2 is 2.21 bits per heavy atom. The average Bonchev–Trinajstić information content (AvgIpc) is 2.18. The van der Waals surface area contributed by atoms with Crippen molar-refractivity contribution in [2.24, 2.45) is 0 Å². The SMILES string of the molecule is CCCSCCOc1cccc(Br)c1. The summed E-state index contributed by atoms with van der Waals surface area (Å²) in [7, 11) is 0. The first kappa shape index (κ1) is 11.9. The predicted molar refractivity (Wildman–Crippen MR) is 67.3 cm³/mol. The van der Waals surface area contributed by atoms with Crippen molar-refractivity contribution in [3.05, 3.63) is 28.7 Å². The second-order valence-electron chi connectivity index (χ2n) is 2.92. The minimum Gasteiger partial charge on any atom is -0.493 e. The second kappa shape index (κ2) is 7.18. The van der Waals surface area contributed by atoms with Gasteiger partial charge in [-0.1, -0.05) is 28.9 Å². The van der Waals surface area contributed by atoms with Gasteiger partial charge < -0.3 is 4.74 Å². The molecule has 3 heteroatoms. The van der Waals surface area contributed by atoms with E-state index in [9.17, 15) is 0 Å². The lowest BCUT2D eigenvalue weighted by molar-refractivity contribution is 0.344.